The van der Waals surface area contributed by atoms with Gasteiger partial charge in [0.05, 0.1) is 24.5 Å². The molecule has 8 atom stereocenters. The highest BCUT2D eigenvalue weighted by Gasteiger charge is 2.37. The van der Waals surface area contributed by atoms with E-state index in [2.05, 4.69) is 47.2 Å². The Bertz CT molecular complexity index is 1560. The Labute approximate surface area is 327 Å². The Balaban J connectivity index is 2.38. The third-order valence-corrected chi connectivity index (χ3v) is 9.95. The fraction of sp³-hybridized carbons (Fsp3) is 0.636. The highest BCUT2D eigenvalue weighted by molar-refractivity contribution is 7.99. The predicted molar refractivity (Wildman–Crippen MR) is 203 cm³/mol. The van der Waals surface area contributed by atoms with Crippen LogP contribution in [0.1, 0.15) is 59.1 Å². The summed E-state index contributed by atoms with van der Waals surface area (Å²) in [5, 5.41) is 44.2. The molecule has 312 valence electrons. The van der Waals surface area contributed by atoms with E-state index in [0.29, 0.717) is 12.1 Å². The molecule has 22 nitrogen and oxygen atoms in total. The molecule has 15 N–H and O–H groups in total. The first-order valence-corrected chi connectivity index (χ1v) is 19.2. The van der Waals surface area contributed by atoms with Gasteiger partial charge < -0.3 is 63.9 Å². The average Bonchev–Trinajstić information content (AvgIpc) is 3.64. The van der Waals surface area contributed by atoms with Gasteiger partial charge in [0.25, 0.3) is 0 Å². The highest BCUT2D eigenvalue weighted by Crippen LogP contribution is 2.14. The van der Waals surface area contributed by atoms with Crippen LogP contribution in [0.3, 0.4) is 0 Å². The van der Waals surface area contributed by atoms with E-state index >= 15 is 0 Å². The first-order chi connectivity index (χ1) is 26.3. The number of rotatable bonds is 18. The van der Waals surface area contributed by atoms with Crippen LogP contribution in [0, 0.1) is 17.2 Å². The van der Waals surface area contributed by atoms with E-state index in [1.54, 1.807) is 27.7 Å². The van der Waals surface area contributed by atoms with Crippen LogP contribution in [0.4, 0.5) is 0 Å². The average molecular weight is 811 g/mol. The van der Waals surface area contributed by atoms with Gasteiger partial charge in [0.2, 0.25) is 35.4 Å². The lowest BCUT2D eigenvalue weighted by Gasteiger charge is -2.29. The molecular weight excluding hydrogens is 757 g/mol. The number of nitrogens with zero attached hydrogens (tertiary/aromatic N) is 1. The van der Waals surface area contributed by atoms with Gasteiger partial charge in [-0.25, -0.2) is 9.78 Å². The summed E-state index contributed by atoms with van der Waals surface area (Å²) in [7, 11) is 0. The van der Waals surface area contributed by atoms with Crippen LogP contribution in [0.15, 0.2) is 12.5 Å². The minimum atomic E-state index is -1.49. The van der Waals surface area contributed by atoms with Gasteiger partial charge in [-0.2, -0.15) is 11.8 Å². The van der Waals surface area contributed by atoms with Gasteiger partial charge in [-0.1, -0.05) is 34.1 Å². The number of carboxylic acids is 2. The Morgan fingerprint density at radius 3 is 2.25 bits per heavy atom. The maximum absolute atomic E-state index is 13.9. The second-order valence-corrected chi connectivity index (χ2v) is 14.7. The number of nitrogens with two attached hydrogens (primary N) is 2. The number of carboxylic acid groups (broad SMARTS) is 2. The molecule has 8 unspecified atom stereocenters. The second-order valence-electron chi connectivity index (χ2n) is 13.7. The van der Waals surface area contributed by atoms with Crippen LogP contribution < -0.4 is 48.7 Å². The van der Waals surface area contributed by atoms with Crippen molar-refractivity contribution < 1.29 is 48.6 Å². The highest BCUT2D eigenvalue weighted by atomic mass is 32.2. The lowest BCUT2D eigenvalue weighted by Crippen LogP contribution is -2.61. The number of thioether (sulfide) groups is 1. The summed E-state index contributed by atoms with van der Waals surface area (Å²) in [6.45, 7) is 6.86. The normalized spacial score (nSPS) is 21.5. The van der Waals surface area contributed by atoms with Crippen molar-refractivity contribution in [2.75, 3.05) is 18.1 Å². The van der Waals surface area contributed by atoms with E-state index in [9.17, 15) is 43.5 Å². The standard InChI is InChI=1S/C33H54N12O10S/c1-5-16(4)25-31(53)41-20(9-17-11-37-14-39-17)28(50)43-22(32(54)55)13-56-12-21(29(51)45-25)42-30(52)24(15(2)3)44-27(49)19(7-6-8-38-33(35)36)40-26(48)18(34)10-23(46)47/h11,14-16,18-22,24-25H,5-10,12-13,34H2,1-4H3,(H,37,39)(H,40,48)(H,41,53)(H,42,52)(H,43,50)(H,44,49)(H,45,51)(H,46,47)(H,54,55)(H4,35,36,38). The zero-order chi connectivity index (χ0) is 42.1. The summed E-state index contributed by atoms with van der Waals surface area (Å²) in [5.41, 5.74) is 11.4. The van der Waals surface area contributed by atoms with E-state index in [1.165, 1.54) is 12.5 Å². The second kappa shape index (κ2) is 22.8. The fourth-order valence-electron chi connectivity index (χ4n) is 5.38. The molecule has 1 aromatic heterocycles. The maximum Gasteiger partial charge on any atom is 0.327 e. The zero-order valence-electron chi connectivity index (χ0n) is 31.7. The number of nitrogens with one attached hydrogen (secondary N) is 9. The molecule has 2 heterocycles. The van der Waals surface area contributed by atoms with Gasteiger partial charge in [-0.05, 0) is 24.7 Å². The van der Waals surface area contributed by atoms with E-state index in [1.807, 2.05) is 0 Å². The summed E-state index contributed by atoms with van der Waals surface area (Å²) >= 11 is 0.943. The lowest BCUT2D eigenvalue weighted by atomic mass is 9.97. The largest absolute Gasteiger partial charge is 0.481 e. The molecule has 56 heavy (non-hydrogen) atoms. The topological polar surface area (TPSA) is 366 Å². The monoisotopic (exact) mass is 810 g/mol. The van der Waals surface area contributed by atoms with Crippen molar-refractivity contribution in [3.63, 3.8) is 0 Å². The van der Waals surface area contributed by atoms with Crippen molar-refractivity contribution in [1.29, 1.82) is 5.41 Å². The number of guanidine groups is 1. The zero-order valence-corrected chi connectivity index (χ0v) is 32.5. The minimum absolute atomic E-state index is 0.0331. The molecule has 0 radical (unpaired) electrons. The van der Waals surface area contributed by atoms with Crippen LogP contribution in [-0.2, 0) is 44.8 Å². The molecular formula is C33H54N12O10S. The SMILES string of the molecule is CCC(C)C1NC(=O)C(NC(=O)C(NC(=O)C(CCCNC(=N)N)NC(=O)C(N)CC(=O)O)C(C)C)CSCC(C(=O)O)NC(=O)C(Cc2c[nH]cn2)NC1=O. The predicted octanol–water partition coefficient (Wildman–Crippen LogP) is -3.54. The van der Waals surface area contributed by atoms with E-state index < -0.39 is 108 Å². The molecule has 0 spiro atoms. The molecule has 1 aliphatic rings. The number of amides is 6. The molecule has 6 amide bonds. The quantitative estimate of drug-likeness (QED) is 0.0388. The summed E-state index contributed by atoms with van der Waals surface area (Å²) < 4.78 is 0. The fourth-order valence-corrected chi connectivity index (χ4v) is 6.45. The molecule has 0 aliphatic carbocycles. The van der Waals surface area contributed by atoms with Gasteiger partial charge in [-0.15, -0.1) is 0 Å². The Morgan fingerprint density at radius 1 is 0.982 bits per heavy atom. The number of imidazole rings is 1. The molecule has 1 aliphatic heterocycles. The third-order valence-electron chi connectivity index (χ3n) is 8.81. The number of carbonyl (C=O) groups is 8. The first-order valence-electron chi connectivity index (χ1n) is 18.0. The number of aliphatic carboxylic acids is 2. The molecule has 23 heteroatoms. The number of carbonyl (C=O) groups excluding carboxylic acids is 6. The number of aromatic amines is 1. The number of aromatic nitrogens is 2. The Hall–Kier alpha value is -5.45. The van der Waals surface area contributed by atoms with Gasteiger partial charge in [0, 0.05) is 30.7 Å². The van der Waals surface area contributed by atoms with Crippen LogP contribution in [0.2, 0.25) is 0 Å². The third kappa shape index (κ3) is 15.4. The summed E-state index contributed by atoms with van der Waals surface area (Å²) in [4.78, 5) is 111. The van der Waals surface area contributed by atoms with Crippen molar-refractivity contribution in [1.82, 2.24) is 47.2 Å². The molecule has 0 bridgehead atoms. The van der Waals surface area contributed by atoms with Gasteiger partial charge in [0.1, 0.15) is 36.3 Å². The van der Waals surface area contributed by atoms with Gasteiger partial charge in [0.15, 0.2) is 5.96 Å². The van der Waals surface area contributed by atoms with E-state index in [4.69, 9.17) is 22.0 Å². The number of H-pyrrole nitrogens is 1. The lowest BCUT2D eigenvalue weighted by molar-refractivity contribution is -0.141. The van der Waals surface area contributed by atoms with Crippen LogP contribution >= 0.6 is 11.8 Å². The smallest absolute Gasteiger partial charge is 0.327 e. The minimum Gasteiger partial charge on any atom is -0.481 e. The van der Waals surface area contributed by atoms with E-state index in [-0.39, 0.29) is 43.3 Å². The molecule has 0 saturated carbocycles. The molecule has 1 aromatic rings. The van der Waals surface area contributed by atoms with Crippen molar-refractivity contribution in [3.8, 4) is 0 Å². The van der Waals surface area contributed by atoms with Crippen LogP contribution in [0.25, 0.3) is 0 Å². The maximum atomic E-state index is 13.9. The Kier molecular flexibility index (Phi) is 19.0. The summed E-state index contributed by atoms with van der Waals surface area (Å²) in [5.74, 6) is -9.41. The van der Waals surface area contributed by atoms with Crippen molar-refractivity contribution >= 4 is 65.1 Å². The van der Waals surface area contributed by atoms with Crippen molar-refractivity contribution in [2.45, 2.75) is 102 Å². The van der Waals surface area contributed by atoms with Gasteiger partial charge >= 0.3 is 11.9 Å². The summed E-state index contributed by atoms with van der Waals surface area (Å²) in [6.07, 6.45) is 2.69. The summed E-state index contributed by atoms with van der Waals surface area (Å²) in [6, 6.07) is -9.32. The molecule has 1 saturated heterocycles. The first kappa shape index (κ1) is 46.7. The van der Waals surface area contributed by atoms with Crippen LogP contribution in [0.5, 0.6) is 0 Å². The van der Waals surface area contributed by atoms with Crippen molar-refractivity contribution in [3.05, 3.63) is 18.2 Å². The molecule has 1 fully saturated rings. The number of hydrogen-bond acceptors (Lipinski definition) is 12. The van der Waals surface area contributed by atoms with Crippen LogP contribution in [-0.4, -0.2) is 134 Å². The van der Waals surface area contributed by atoms with E-state index in [0.717, 1.165) is 11.8 Å². The number of hydrogen-bond donors (Lipinski definition) is 13. The van der Waals surface area contributed by atoms with Crippen molar-refractivity contribution in [2.24, 2.45) is 23.3 Å². The molecule has 0 aromatic carbocycles. The Morgan fingerprint density at radius 2 is 1.68 bits per heavy atom. The van der Waals surface area contributed by atoms with Gasteiger partial charge in [-0.3, -0.25) is 39.0 Å². The molecule has 2 rings (SSSR count).